The normalized spacial score (nSPS) is 10.6. The Labute approximate surface area is 263 Å². The molecule has 0 amide bonds. The van der Waals surface area contributed by atoms with E-state index in [4.69, 9.17) is 19.2 Å². The number of methoxy groups -OCH3 is 3. The van der Waals surface area contributed by atoms with E-state index in [9.17, 15) is 5.26 Å². The topological polar surface area (TPSA) is 64.4 Å². The van der Waals surface area contributed by atoms with Crippen LogP contribution in [0.4, 0.5) is 0 Å². The predicted octanol–water partition coefficient (Wildman–Crippen LogP) is 9.62. The first-order valence-corrected chi connectivity index (χ1v) is 14.6. The lowest BCUT2D eigenvalue weighted by molar-refractivity contribution is 0.355. The van der Waals surface area contributed by atoms with Crippen molar-refractivity contribution in [2.24, 2.45) is 0 Å². The molecule has 0 atom stereocenters. The minimum Gasteiger partial charge on any atom is -0.497 e. The number of aromatic nitrogens is 1. The third kappa shape index (κ3) is 5.74. The Morgan fingerprint density at radius 2 is 1.04 bits per heavy atom. The molecule has 0 fully saturated rings. The van der Waals surface area contributed by atoms with Crippen molar-refractivity contribution in [3.63, 3.8) is 0 Å². The summed E-state index contributed by atoms with van der Waals surface area (Å²) in [5.41, 5.74) is 11.2. The summed E-state index contributed by atoms with van der Waals surface area (Å²) in [4.78, 5) is 5.49. The van der Waals surface area contributed by atoms with Crippen molar-refractivity contribution in [2.75, 3.05) is 21.3 Å². The van der Waals surface area contributed by atoms with Gasteiger partial charge in [-0.15, -0.1) is 0 Å². The fraction of sp³-hybridized carbons (Fsp3) is 0.100. The highest BCUT2D eigenvalue weighted by Crippen LogP contribution is 2.49. The molecule has 5 heteroatoms. The maximum atomic E-state index is 9.53. The van der Waals surface area contributed by atoms with Gasteiger partial charge in [-0.05, 0) is 72.1 Å². The summed E-state index contributed by atoms with van der Waals surface area (Å²) in [5, 5.41) is 9.53. The van der Waals surface area contributed by atoms with Gasteiger partial charge in [-0.25, -0.2) is 4.98 Å². The first-order valence-electron chi connectivity index (χ1n) is 14.6. The van der Waals surface area contributed by atoms with Gasteiger partial charge in [0.05, 0.1) is 44.3 Å². The molecule has 0 bridgehead atoms. The third-order valence-corrected chi connectivity index (χ3v) is 7.92. The maximum absolute atomic E-state index is 9.53. The van der Waals surface area contributed by atoms with Crippen LogP contribution >= 0.6 is 0 Å². The first kappa shape index (κ1) is 29.2. The van der Waals surface area contributed by atoms with E-state index < -0.39 is 0 Å². The molecule has 0 N–H and O–H groups in total. The molecule has 1 heterocycles. The van der Waals surface area contributed by atoms with Crippen molar-refractivity contribution in [2.45, 2.75) is 6.92 Å². The van der Waals surface area contributed by atoms with Crippen molar-refractivity contribution in [1.29, 1.82) is 5.26 Å². The molecular weight excluding hydrogens is 556 g/mol. The van der Waals surface area contributed by atoms with Gasteiger partial charge in [-0.1, -0.05) is 78.4 Å². The third-order valence-electron chi connectivity index (χ3n) is 7.92. The standard InChI is InChI=1S/C40H32N2O3/c1-26-10-14-29(15-11-26)37-36(28-8-6-5-7-9-28)38(32-20-23-34(44-3)35(24-32)45-4)40(31-18-21-33(43-2)22-19-31)42-39(37)30-16-12-27(25-41)13-17-30/h5-24H,1-4H3. The molecule has 0 aliphatic carbocycles. The summed E-state index contributed by atoms with van der Waals surface area (Å²) < 4.78 is 16.9. The smallest absolute Gasteiger partial charge is 0.161 e. The van der Waals surface area contributed by atoms with Gasteiger partial charge in [0.1, 0.15) is 5.75 Å². The number of pyridine rings is 1. The first-order chi connectivity index (χ1) is 22.0. The molecule has 6 rings (SSSR count). The van der Waals surface area contributed by atoms with E-state index in [0.717, 1.165) is 61.6 Å². The molecule has 220 valence electrons. The van der Waals surface area contributed by atoms with Crippen LogP contribution in [-0.4, -0.2) is 26.3 Å². The Bertz CT molecular complexity index is 1990. The van der Waals surface area contributed by atoms with Crippen molar-refractivity contribution in [3.05, 3.63) is 132 Å². The van der Waals surface area contributed by atoms with E-state index in [1.54, 1.807) is 21.3 Å². The van der Waals surface area contributed by atoms with Gasteiger partial charge < -0.3 is 14.2 Å². The summed E-state index contributed by atoms with van der Waals surface area (Å²) >= 11 is 0. The molecule has 0 aliphatic heterocycles. The fourth-order valence-electron chi connectivity index (χ4n) is 5.62. The van der Waals surface area contributed by atoms with E-state index in [0.29, 0.717) is 17.1 Å². The van der Waals surface area contributed by atoms with Crippen LogP contribution in [-0.2, 0) is 0 Å². The molecule has 0 aliphatic rings. The maximum Gasteiger partial charge on any atom is 0.161 e. The highest BCUT2D eigenvalue weighted by molar-refractivity contribution is 6.05. The lowest BCUT2D eigenvalue weighted by Gasteiger charge is -2.24. The molecule has 1 aromatic heterocycles. The minimum absolute atomic E-state index is 0.594. The number of hydrogen-bond donors (Lipinski definition) is 0. The SMILES string of the molecule is COc1ccc(-c2nc(-c3ccc(C#N)cc3)c(-c3ccc(C)cc3)c(-c3ccccc3)c2-c2ccc(OC)c(OC)c2)cc1. The molecule has 0 saturated heterocycles. The van der Waals surface area contributed by atoms with Crippen LogP contribution in [0.2, 0.25) is 0 Å². The molecule has 45 heavy (non-hydrogen) atoms. The van der Waals surface area contributed by atoms with Gasteiger partial charge in [0, 0.05) is 27.8 Å². The second-order valence-corrected chi connectivity index (χ2v) is 10.7. The van der Waals surface area contributed by atoms with Crippen LogP contribution in [0.15, 0.2) is 121 Å². The van der Waals surface area contributed by atoms with E-state index in [1.807, 2.05) is 66.7 Å². The summed E-state index contributed by atoms with van der Waals surface area (Å²) in [5.74, 6) is 2.04. The Balaban J connectivity index is 1.82. The molecular formula is C40H32N2O3. The van der Waals surface area contributed by atoms with Crippen LogP contribution in [0.1, 0.15) is 11.1 Å². The zero-order chi connectivity index (χ0) is 31.3. The van der Waals surface area contributed by atoms with Gasteiger partial charge in [-0.2, -0.15) is 5.26 Å². The fourth-order valence-corrected chi connectivity index (χ4v) is 5.62. The summed E-state index contributed by atoms with van der Waals surface area (Å²) in [7, 11) is 4.95. The van der Waals surface area contributed by atoms with Gasteiger partial charge in [-0.3, -0.25) is 0 Å². The largest absolute Gasteiger partial charge is 0.497 e. The molecule has 0 saturated carbocycles. The highest BCUT2D eigenvalue weighted by atomic mass is 16.5. The Hall–Kier alpha value is -5.86. The van der Waals surface area contributed by atoms with Crippen molar-refractivity contribution < 1.29 is 14.2 Å². The number of hydrogen-bond acceptors (Lipinski definition) is 5. The van der Waals surface area contributed by atoms with Crippen LogP contribution < -0.4 is 14.2 Å². The zero-order valence-electron chi connectivity index (χ0n) is 25.7. The highest BCUT2D eigenvalue weighted by Gasteiger charge is 2.26. The second kappa shape index (κ2) is 12.8. The number of nitriles is 1. The molecule has 0 spiro atoms. The van der Waals surface area contributed by atoms with Crippen LogP contribution in [0, 0.1) is 18.3 Å². The van der Waals surface area contributed by atoms with Gasteiger partial charge in [0.2, 0.25) is 0 Å². The number of aryl methyl sites for hydroxylation is 1. The Kier molecular flexibility index (Phi) is 8.30. The number of nitrogens with zero attached hydrogens (tertiary/aromatic N) is 2. The minimum atomic E-state index is 0.594. The molecule has 6 aromatic rings. The van der Waals surface area contributed by atoms with Crippen molar-refractivity contribution in [3.8, 4) is 79.2 Å². The van der Waals surface area contributed by atoms with E-state index in [-0.39, 0.29) is 0 Å². The van der Waals surface area contributed by atoms with Crippen LogP contribution in [0.25, 0.3) is 55.9 Å². The predicted molar refractivity (Wildman–Crippen MR) is 181 cm³/mol. The average molecular weight is 589 g/mol. The molecule has 5 aromatic carbocycles. The van der Waals surface area contributed by atoms with Crippen molar-refractivity contribution in [1.82, 2.24) is 4.98 Å². The van der Waals surface area contributed by atoms with Gasteiger partial charge in [0.25, 0.3) is 0 Å². The zero-order valence-corrected chi connectivity index (χ0v) is 25.7. The number of benzene rings is 5. The Morgan fingerprint density at radius 1 is 0.511 bits per heavy atom. The second-order valence-electron chi connectivity index (χ2n) is 10.7. The van der Waals surface area contributed by atoms with Crippen molar-refractivity contribution >= 4 is 0 Å². The quantitative estimate of drug-likeness (QED) is 0.177. The number of ether oxygens (including phenoxy) is 3. The Morgan fingerprint density at radius 3 is 1.62 bits per heavy atom. The number of rotatable bonds is 8. The summed E-state index contributed by atoms with van der Waals surface area (Å²) in [6.45, 7) is 2.09. The molecule has 0 unspecified atom stereocenters. The van der Waals surface area contributed by atoms with E-state index >= 15 is 0 Å². The van der Waals surface area contributed by atoms with E-state index in [2.05, 4.69) is 67.6 Å². The average Bonchev–Trinajstić information content (AvgIpc) is 3.11. The summed E-state index contributed by atoms with van der Waals surface area (Å²) in [6, 6.07) is 42.8. The van der Waals surface area contributed by atoms with Crippen LogP contribution in [0.5, 0.6) is 17.2 Å². The van der Waals surface area contributed by atoms with Gasteiger partial charge >= 0.3 is 0 Å². The molecule has 0 radical (unpaired) electrons. The van der Waals surface area contributed by atoms with Gasteiger partial charge in [0.15, 0.2) is 11.5 Å². The van der Waals surface area contributed by atoms with E-state index in [1.165, 1.54) is 5.56 Å². The molecule has 5 nitrogen and oxygen atoms in total. The lowest BCUT2D eigenvalue weighted by Crippen LogP contribution is -2.02. The monoisotopic (exact) mass is 588 g/mol. The lowest BCUT2D eigenvalue weighted by atomic mass is 9.83. The van der Waals surface area contributed by atoms with Crippen LogP contribution in [0.3, 0.4) is 0 Å². The summed E-state index contributed by atoms with van der Waals surface area (Å²) in [6.07, 6.45) is 0.